The van der Waals surface area contributed by atoms with Crippen molar-refractivity contribution in [1.29, 1.82) is 0 Å². The molecule has 5 rings (SSSR count). The molecule has 1 N–H and O–H groups in total. The average molecular weight is 515 g/mol. The van der Waals surface area contributed by atoms with Gasteiger partial charge in [-0.1, -0.05) is 38.1 Å². The van der Waals surface area contributed by atoms with E-state index in [2.05, 4.69) is 21.3 Å². The number of H-pyrrole nitrogens is 1. The van der Waals surface area contributed by atoms with E-state index < -0.39 is 5.60 Å². The maximum Gasteiger partial charge on any atom is 0.410 e. The maximum absolute atomic E-state index is 12.6. The minimum Gasteiger partial charge on any atom is -0.457 e. The van der Waals surface area contributed by atoms with E-state index in [1.54, 1.807) is 11.1 Å². The fourth-order valence-corrected chi connectivity index (χ4v) is 3.97. The van der Waals surface area contributed by atoms with Crippen LogP contribution in [-0.4, -0.2) is 44.9 Å². The summed E-state index contributed by atoms with van der Waals surface area (Å²) in [7, 11) is 0. The van der Waals surface area contributed by atoms with E-state index in [0.717, 1.165) is 22.4 Å². The number of aromatic nitrogens is 3. The predicted molar refractivity (Wildman–Crippen MR) is 149 cm³/mol. The molecular weight excluding hydrogens is 480 g/mol. The number of rotatable bonds is 5. The van der Waals surface area contributed by atoms with Crippen LogP contribution in [0.1, 0.15) is 46.7 Å². The van der Waals surface area contributed by atoms with Crippen LogP contribution in [0.25, 0.3) is 16.6 Å². The number of aromatic amines is 1. The van der Waals surface area contributed by atoms with Gasteiger partial charge in [0.05, 0.1) is 17.6 Å². The van der Waals surface area contributed by atoms with Crippen molar-refractivity contribution in [3.05, 3.63) is 78.6 Å². The SMILES string of the molecule is CC.CC(C)(C)OC(=O)N1CCC=C(c2[nH]nc3nccc(Oc4ccc(Oc5ccccc5)cc4)c23)C1. The summed E-state index contributed by atoms with van der Waals surface area (Å²) in [6.07, 6.45) is 4.16. The van der Waals surface area contributed by atoms with E-state index in [1.807, 2.05) is 95.3 Å². The number of carbonyl (C=O) groups is 1. The van der Waals surface area contributed by atoms with E-state index in [1.165, 1.54) is 0 Å². The number of hydrogen-bond donors (Lipinski definition) is 1. The number of amides is 1. The Morgan fingerprint density at radius 2 is 1.58 bits per heavy atom. The van der Waals surface area contributed by atoms with Gasteiger partial charge < -0.3 is 19.1 Å². The van der Waals surface area contributed by atoms with Crippen molar-refractivity contribution >= 4 is 22.7 Å². The third-order valence-electron chi connectivity index (χ3n) is 5.57. The molecule has 3 heterocycles. The average Bonchev–Trinajstić information content (AvgIpc) is 3.36. The zero-order valence-electron chi connectivity index (χ0n) is 22.5. The molecular formula is C30H34N4O4. The molecule has 0 atom stereocenters. The van der Waals surface area contributed by atoms with Crippen LogP contribution in [0.2, 0.25) is 0 Å². The molecule has 0 unspecified atom stereocenters. The first-order chi connectivity index (χ1) is 18.4. The summed E-state index contributed by atoms with van der Waals surface area (Å²) in [5.74, 6) is 2.76. The molecule has 4 aromatic rings. The molecule has 0 spiro atoms. The van der Waals surface area contributed by atoms with Gasteiger partial charge in [0.15, 0.2) is 5.65 Å². The van der Waals surface area contributed by atoms with Crippen molar-refractivity contribution in [2.45, 2.75) is 46.6 Å². The number of nitrogens with one attached hydrogen (secondary N) is 1. The Morgan fingerprint density at radius 1 is 0.921 bits per heavy atom. The van der Waals surface area contributed by atoms with Gasteiger partial charge in [0, 0.05) is 12.7 Å². The Balaban J connectivity index is 0.00000164. The number of pyridine rings is 1. The summed E-state index contributed by atoms with van der Waals surface area (Å²) in [5.41, 5.74) is 1.72. The van der Waals surface area contributed by atoms with Gasteiger partial charge in [0.2, 0.25) is 0 Å². The standard InChI is InChI=1S/C28H28N4O4.C2H6/c1-28(2,3)36-27(33)32-17-7-8-19(18-32)25-24-23(15-16-29-26(24)31-30-25)35-22-13-11-21(12-14-22)34-20-9-5-4-6-10-20;1-2/h4-6,8-16H,7,17-18H2,1-3H3,(H,29,30,31);1-2H3. The van der Waals surface area contributed by atoms with Gasteiger partial charge in [-0.05, 0) is 75.2 Å². The molecule has 1 aliphatic rings. The van der Waals surface area contributed by atoms with Gasteiger partial charge in [-0.3, -0.25) is 5.10 Å². The molecule has 1 amide bonds. The van der Waals surface area contributed by atoms with Crippen molar-refractivity contribution in [1.82, 2.24) is 20.1 Å². The van der Waals surface area contributed by atoms with Crippen molar-refractivity contribution in [3.8, 4) is 23.0 Å². The van der Waals surface area contributed by atoms with Gasteiger partial charge in [0.25, 0.3) is 0 Å². The lowest BCUT2D eigenvalue weighted by molar-refractivity contribution is 0.0273. The van der Waals surface area contributed by atoms with Crippen LogP contribution in [0.4, 0.5) is 4.79 Å². The molecule has 2 aromatic carbocycles. The highest BCUT2D eigenvalue weighted by atomic mass is 16.6. The quantitative estimate of drug-likeness (QED) is 0.295. The third-order valence-corrected chi connectivity index (χ3v) is 5.57. The van der Waals surface area contributed by atoms with Crippen LogP contribution in [0.3, 0.4) is 0 Å². The predicted octanol–water partition coefficient (Wildman–Crippen LogP) is 7.59. The van der Waals surface area contributed by atoms with E-state index in [9.17, 15) is 4.79 Å². The number of carbonyl (C=O) groups excluding carboxylic acids is 1. The van der Waals surface area contributed by atoms with E-state index in [-0.39, 0.29) is 6.09 Å². The normalized spacial score (nSPS) is 13.3. The molecule has 1 aliphatic heterocycles. The van der Waals surface area contributed by atoms with Gasteiger partial charge in [-0.2, -0.15) is 5.10 Å². The Bertz CT molecular complexity index is 1390. The molecule has 38 heavy (non-hydrogen) atoms. The van der Waals surface area contributed by atoms with E-state index >= 15 is 0 Å². The topological polar surface area (TPSA) is 89.6 Å². The highest BCUT2D eigenvalue weighted by molar-refractivity contribution is 5.94. The lowest BCUT2D eigenvalue weighted by atomic mass is 10.0. The first-order valence-electron chi connectivity index (χ1n) is 12.9. The molecule has 8 heteroatoms. The second-order valence-electron chi connectivity index (χ2n) is 9.51. The van der Waals surface area contributed by atoms with Gasteiger partial charge in [0.1, 0.15) is 28.6 Å². The summed E-state index contributed by atoms with van der Waals surface area (Å²) in [4.78, 5) is 18.7. The van der Waals surface area contributed by atoms with Crippen molar-refractivity contribution in [2.24, 2.45) is 0 Å². The van der Waals surface area contributed by atoms with Crippen LogP contribution in [0.5, 0.6) is 23.0 Å². The smallest absolute Gasteiger partial charge is 0.410 e. The lowest BCUT2D eigenvalue weighted by Crippen LogP contribution is -2.39. The largest absolute Gasteiger partial charge is 0.457 e. The zero-order valence-corrected chi connectivity index (χ0v) is 22.5. The van der Waals surface area contributed by atoms with Crippen LogP contribution >= 0.6 is 0 Å². The fraction of sp³-hybridized carbons (Fsp3) is 0.300. The molecule has 0 saturated carbocycles. The number of ether oxygens (including phenoxy) is 3. The second kappa shape index (κ2) is 11.8. The maximum atomic E-state index is 12.6. The highest BCUT2D eigenvalue weighted by Crippen LogP contribution is 2.35. The van der Waals surface area contributed by atoms with Gasteiger partial charge in [-0.25, -0.2) is 9.78 Å². The molecule has 2 aromatic heterocycles. The van der Waals surface area contributed by atoms with Crippen LogP contribution in [0, 0.1) is 0 Å². The Morgan fingerprint density at radius 3 is 2.26 bits per heavy atom. The van der Waals surface area contributed by atoms with Crippen molar-refractivity contribution in [2.75, 3.05) is 13.1 Å². The molecule has 198 valence electrons. The Labute approximate surface area is 223 Å². The summed E-state index contributed by atoms with van der Waals surface area (Å²) < 4.78 is 17.7. The summed E-state index contributed by atoms with van der Waals surface area (Å²) in [5, 5.41) is 8.23. The number of benzene rings is 2. The van der Waals surface area contributed by atoms with Crippen LogP contribution in [0.15, 0.2) is 72.9 Å². The Kier molecular flexibility index (Phi) is 8.31. The molecule has 0 aliphatic carbocycles. The van der Waals surface area contributed by atoms with Crippen LogP contribution < -0.4 is 9.47 Å². The van der Waals surface area contributed by atoms with E-state index in [4.69, 9.17) is 14.2 Å². The summed E-state index contributed by atoms with van der Waals surface area (Å²) in [6.45, 7) is 10.6. The lowest BCUT2D eigenvalue weighted by Gasteiger charge is -2.30. The summed E-state index contributed by atoms with van der Waals surface area (Å²) in [6, 6.07) is 18.9. The number of fused-ring (bicyclic) bond motifs is 1. The number of hydrogen-bond acceptors (Lipinski definition) is 6. The molecule has 0 bridgehead atoms. The zero-order chi connectivity index (χ0) is 27.1. The fourth-order valence-electron chi connectivity index (χ4n) is 3.97. The summed E-state index contributed by atoms with van der Waals surface area (Å²) >= 11 is 0. The Hall–Kier alpha value is -4.33. The second-order valence-corrected chi connectivity index (χ2v) is 9.51. The monoisotopic (exact) mass is 514 g/mol. The highest BCUT2D eigenvalue weighted by Gasteiger charge is 2.26. The van der Waals surface area contributed by atoms with Crippen LogP contribution in [-0.2, 0) is 4.74 Å². The minimum atomic E-state index is -0.550. The van der Waals surface area contributed by atoms with Crippen molar-refractivity contribution < 1.29 is 19.0 Å². The minimum absolute atomic E-state index is 0.329. The number of para-hydroxylation sites is 1. The van der Waals surface area contributed by atoms with Gasteiger partial charge >= 0.3 is 6.09 Å². The first-order valence-corrected chi connectivity index (χ1v) is 12.9. The molecule has 8 nitrogen and oxygen atoms in total. The van der Waals surface area contributed by atoms with E-state index in [0.29, 0.717) is 42.4 Å². The van der Waals surface area contributed by atoms with Gasteiger partial charge in [-0.15, -0.1) is 0 Å². The third kappa shape index (κ3) is 6.51. The molecule has 0 saturated heterocycles. The molecule has 0 fully saturated rings. The number of nitrogens with zero attached hydrogens (tertiary/aromatic N) is 3. The van der Waals surface area contributed by atoms with Crippen molar-refractivity contribution in [3.63, 3.8) is 0 Å². The first kappa shape index (κ1) is 26.7. The molecule has 0 radical (unpaired) electrons.